The molecule has 31 heavy (non-hydrogen) atoms. The Kier molecular flexibility index (Phi) is 7.83. The van der Waals surface area contributed by atoms with Crippen molar-refractivity contribution in [2.75, 3.05) is 6.54 Å². The van der Waals surface area contributed by atoms with Gasteiger partial charge in [-0.1, -0.05) is 50.9 Å². The lowest BCUT2D eigenvalue weighted by Crippen LogP contribution is -2.51. The van der Waals surface area contributed by atoms with Crippen LogP contribution in [0.3, 0.4) is 0 Å². The number of hydrogen-bond donors (Lipinski definition) is 3. The third-order valence-electron chi connectivity index (χ3n) is 5.87. The normalized spacial score (nSPS) is 25.7. The fourth-order valence-corrected chi connectivity index (χ4v) is 5.54. The van der Waals surface area contributed by atoms with Gasteiger partial charge in [-0.2, -0.15) is 0 Å². The van der Waals surface area contributed by atoms with Crippen LogP contribution < -0.4 is 11.1 Å². The summed E-state index contributed by atoms with van der Waals surface area (Å²) >= 11 is 7.85. The van der Waals surface area contributed by atoms with Crippen molar-refractivity contribution in [2.24, 2.45) is 16.6 Å². The van der Waals surface area contributed by atoms with E-state index >= 15 is 0 Å². The zero-order valence-corrected chi connectivity index (χ0v) is 20.2. The van der Waals surface area contributed by atoms with Crippen molar-refractivity contribution >= 4 is 40.8 Å². The van der Waals surface area contributed by atoms with Crippen molar-refractivity contribution in [3.05, 3.63) is 45.5 Å². The van der Waals surface area contributed by atoms with Gasteiger partial charge < -0.3 is 16.0 Å². The number of unbranched alkanes of at least 4 members (excludes halogenated alkanes) is 1. The molecule has 2 heterocycles. The number of thioether (sulfide) groups is 1. The molecule has 3 rings (SSSR count). The van der Waals surface area contributed by atoms with E-state index in [2.05, 4.69) is 26.1 Å². The van der Waals surface area contributed by atoms with Crippen LogP contribution >= 0.6 is 23.4 Å². The highest BCUT2D eigenvalue weighted by atomic mass is 35.5. The summed E-state index contributed by atoms with van der Waals surface area (Å²) < 4.78 is 0. The first-order chi connectivity index (χ1) is 14.7. The molecule has 168 valence electrons. The van der Waals surface area contributed by atoms with E-state index in [-0.39, 0.29) is 18.2 Å². The summed E-state index contributed by atoms with van der Waals surface area (Å²) in [6.07, 6.45) is 1.55. The largest absolute Gasteiger partial charge is 0.356 e. The van der Waals surface area contributed by atoms with Crippen molar-refractivity contribution in [2.45, 2.75) is 64.4 Å². The average Bonchev–Trinajstić information content (AvgIpc) is 2.93. The molecule has 4 N–H and O–H groups in total. The Bertz CT molecular complexity index is 898. The molecule has 1 aromatic carbocycles. The standard InChI is InChI=1S/C23H32ClN5OS/c1-5-6-11-27-19(30)12-18-22(26)29(15(4)25)23-20(13(2)14(3)31-23)21(28-18)16-7-9-17(24)10-8-16/h7-10,13-14,18,22,25H,5-6,11-12,26H2,1-4H3,(H,27,30)/t13?,14?,18-,22?/m0/s1. The molecular weight excluding hydrogens is 430 g/mol. The van der Waals surface area contributed by atoms with Gasteiger partial charge in [0.2, 0.25) is 5.91 Å². The fourth-order valence-electron chi connectivity index (χ4n) is 3.94. The van der Waals surface area contributed by atoms with Crippen LogP contribution in [0.2, 0.25) is 5.02 Å². The number of amidine groups is 1. The van der Waals surface area contributed by atoms with Crippen molar-refractivity contribution in [3.8, 4) is 0 Å². The van der Waals surface area contributed by atoms with Gasteiger partial charge in [0.1, 0.15) is 6.17 Å². The van der Waals surface area contributed by atoms with E-state index in [4.69, 9.17) is 27.7 Å². The van der Waals surface area contributed by atoms with Crippen molar-refractivity contribution < 1.29 is 4.79 Å². The Balaban J connectivity index is 2.06. The van der Waals surface area contributed by atoms with E-state index < -0.39 is 12.2 Å². The third-order valence-corrected chi connectivity index (χ3v) is 7.55. The van der Waals surface area contributed by atoms with Gasteiger partial charge in [-0.05, 0) is 31.4 Å². The number of nitrogens with two attached hydrogens (primary N) is 1. The van der Waals surface area contributed by atoms with Gasteiger partial charge in [0.05, 0.1) is 29.0 Å². The van der Waals surface area contributed by atoms with Gasteiger partial charge in [-0.3, -0.25) is 15.2 Å². The number of amides is 1. The Morgan fingerprint density at radius 1 is 1.32 bits per heavy atom. The molecule has 1 amide bonds. The second-order valence-electron chi connectivity index (χ2n) is 8.24. The number of halogens is 1. The summed E-state index contributed by atoms with van der Waals surface area (Å²) in [5.74, 6) is 0.533. The van der Waals surface area contributed by atoms with Crippen LogP contribution in [0.4, 0.5) is 0 Å². The zero-order valence-electron chi connectivity index (χ0n) is 18.6. The SMILES string of the molecule is CCCCNC(=O)C[C@@H]1N=C(c2ccc(Cl)cc2)C2=C(SC(C)C2C)N(C(C)=N)C1N. The number of rotatable bonds is 6. The first-order valence-electron chi connectivity index (χ1n) is 10.9. The molecule has 0 bridgehead atoms. The molecule has 1 aromatic rings. The molecule has 0 saturated carbocycles. The Morgan fingerprint density at radius 3 is 2.61 bits per heavy atom. The molecule has 2 aliphatic heterocycles. The maximum atomic E-state index is 12.6. The maximum absolute atomic E-state index is 12.6. The first kappa shape index (κ1) is 23.8. The number of allylic oxidation sites excluding steroid dienone is 1. The van der Waals surface area contributed by atoms with Crippen LogP contribution in [-0.4, -0.2) is 46.4 Å². The third kappa shape index (κ3) is 5.16. The lowest BCUT2D eigenvalue weighted by Gasteiger charge is -2.33. The van der Waals surface area contributed by atoms with Gasteiger partial charge in [-0.15, -0.1) is 11.8 Å². The Hall–Kier alpha value is -1.83. The number of nitrogens with one attached hydrogen (secondary N) is 2. The van der Waals surface area contributed by atoms with Crippen LogP contribution in [0, 0.1) is 11.3 Å². The van der Waals surface area contributed by atoms with Crippen molar-refractivity contribution in [1.29, 1.82) is 5.41 Å². The van der Waals surface area contributed by atoms with Crippen LogP contribution in [-0.2, 0) is 4.79 Å². The highest BCUT2D eigenvalue weighted by Crippen LogP contribution is 2.47. The van der Waals surface area contributed by atoms with Gasteiger partial charge in [0.25, 0.3) is 0 Å². The first-order valence-corrected chi connectivity index (χ1v) is 12.1. The van der Waals surface area contributed by atoms with E-state index in [0.717, 1.165) is 34.7 Å². The highest BCUT2D eigenvalue weighted by molar-refractivity contribution is 8.03. The van der Waals surface area contributed by atoms with Gasteiger partial charge in [0.15, 0.2) is 0 Å². The molecule has 0 radical (unpaired) electrons. The zero-order chi connectivity index (χ0) is 22.7. The average molecular weight is 462 g/mol. The van der Waals surface area contributed by atoms with Gasteiger partial charge in [-0.25, -0.2) is 0 Å². The molecule has 0 spiro atoms. The number of benzene rings is 1. The predicted molar refractivity (Wildman–Crippen MR) is 131 cm³/mol. The number of carbonyl (C=O) groups excluding carboxylic acids is 1. The van der Waals surface area contributed by atoms with Gasteiger partial charge in [0, 0.05) is 28.0 Å². The van der Waals surface area contributed by atoms with E-state index in [1.807, 2.05) is 29.2 Å². The number of aliphatic imine (C=N–C) groups is 1. The molecule has 6 nitrogen and oxygen atoms in total. The molecule has 4 atom stereocenters. The molecular formula is C23H32ClN5OS. The molecule has 0 aliphatic carbocycles. The number of carbonyl (C=O) groups is 1. The lowest BCUT2D eigenvalue weighted by atomic mass is 9.91. The van der Waals surface area contributed by atoms with E-state index in [1.165, 1.54) is 0 Å². The summed E-state index contributed by atoms with van der Waals surface area (Å²) in [6.45, 7) is 8.85. The second-order valence-corrected chi connectivity index (χ2v) is 10.0. The monoisotopic (exact) mass is 461 g/mol. The van der Waals surface area contributed by atoms with Crippen molar-refractivity contribution in [3.63, 3.8) is 0 Å². The number of nitrogens with zero attached hydrogens (tertiary/aromatic N) is 2. The minimum absolute atomic E-state index is 0.0631. The second kappa shape index (κ2) is 10.2. The molecule has 0 saturated heterocycles. The summed E-state index contributed by atoms with van der Waals surface area (Å²) in [5, 5.41) is 13.4. The Morgan fingerprint density at radius 2 is 2.00 bits per heavy atom. The topological polar surface area (TPSA) is 94.6 Å². The molecule has 0 fully saturated rings. The maximum Gasteiger partial charge on any atom is 0.222 e. The predicted octanol–water partition coefficient (Wildman–Crippen LogP) is 4.38. The molecule has 0 aromatic heterocycles. The molecule has 3 unspecified atom stereocenters. The van der Waals surface area contributed by atoms with Crippen LogP contribution in [0.25, 0.3) is 0 Å². The van der Waals surface area contributed by atoms with E-state index in [1.54, 1.807) is 18.7 Å². The van der Waals surface area contributed by atoms with Crippen LogP contribution in [0.15, 0.2) is 39.9 Å². The van der Waals surface area contributed by atoms with E-state index in [9.17, 15) is 4.79 Å². The summed E-state index contributed by atoms with van der Waals surface area (Å²) in [6, 6.07) is 7.16. The molecule has 2 aliphatic rings. The van der Waals surface area contributed by atoms with E-state index in [0.29, 0.717) is 22.7 Å². The van der Waals surface area contributed by atoms with Crippen LogP contribution in [0.5, 0.6) is 0 Å². The van der Waals surface area contributed by atoms with Crippen molar-refractivity contribution in [1.82, 2.24) is 10.2 Å². The lowest BCUT2D eigenvalue weighted by molar-refractivity contribution is -0.121. The quantitative estimate of drug-likeness (QED) is 0.332. The minimum atomic E-state index is -0.589. The summed E-state index contributed by atoms with van der Waals surface area (Å²) in [4.78, 5) is 19.5. The highest BCUT2D eigenvalue weighted by Gasteiger charge is 2.42. The number of hydrogen-bond acceptors (Lipinski definition) is 5. The molecule has 8 heteroatoms. The minimum Gasteiger partial charge on any atom is -0.356 e. The summed E-state index contributed by atoms with van der Waals surface area (Å²) in [7, 11) is 0. The van der Waals surface area contributed by atoms with Gasteiger partial charge >= 0.3 is 0 Å². The Labute approximate surface area is 194 Å². The fraction of sp³-hybridized carbons (Fsp3) is 0.522. The van der Waals surface area contributed by atoms with Crippen LogP contribution in [0.1, 0.15) is 52.5 Å². The smallest absolute Gasteiger partial charge is 0.222 e. The summed E-state index contributed by atoms with van der Waals surface area (Å²) in [5.41, 5.74) is 9.56.